The van der Waals surface area contributed by atoms with Gasteiger partial charge in [-0.1, -0.05) is 42.5 Å². The molecule has 7 heteroatoms. The van der Waals surface area contributed by atoms with Gasteiger partial charge in [0.2, 0.25) is 11.8 Å². The fourth-order valence-corrected chi connectivity index (χ4v) is 2.42. The second-order valence-electron chi connectivity index (χ2n) is 6.73. The zero-order valence-corrected chi connectivity index (χ0v) is 15.2. The molecule has 2 aromatic rings. The van der Waals surface area contributed by atoms with E-state index in [-0.39, 0.29) is 11.7 Å². The number of alkyl halides is 3. The molecule has 0 aliphatic heterocycles. The summed E-state index contributed by atoms with van der Waals surface area (Å²) in [6.07, 6.45) is -4.61. The van der Waals surface area contributed by atoms with Gasteiger partial charge >= 0.3 is 6.18 Å². The first-order valence-electron chi connectivity index (χ1n) is 8.37. The summed E-state index contributed by atoms with van der Waals surface area (Å²) in [4.78, 5) is 25.1. The maximum Gasteiger partial charge on any atom is 0.418 e. The van der Waals surface area contributed by atoms with Gasteiger partial charge in [-0.3, -0.25) is 9.59 Å². The third-order valence-electron chi connectivity index (χ3n) is 4.26. The fraction of sp³-hybridized carbons (Fsp3) is 0.300. The summed E-state index contributed by atoms with van der Waals surface area (Å²) < 4.78 is 39.2. The van der Waals surface area contributed by atoms with E-state index in [1.807, 2.05) is 30.3 Å². The number of benzene rings is 2. The fourth-order valence-electron chi connectivity index (χ4n) is 2.42. The molecule has 0 saturated carbocycles. The van der Waals surface area contributed by atoms with Gasteiger partial charge in [-0.25, -0.2) is 0 Å². The SMILES string of the molecule is CC(NC(=O)C(C)(C)C(=O)Nc1ccccc1C(F)(F)F)c1ccccc1. The van der Waals surface area contributed by atoms with Crippen LogP contribution in [0.15, 0.2) is 54.6 Å². The minimum absolute atomic E-state index is 0.353. The highest BCUT2D eigenvalue weighted by molar-refractivity contribution is 6.10. The van der Waals surface area contributed by atoms with Crippen LogP contribution < -0.4 is 10.6 Å². The van der Waals surface area contributed by atoms with E-state index >= 15 is 0 Å². The molecule has 27 heavy (non-hydrogen) atoms. The first-order chi connectivity index (χ1) is 12.5. The van der Waals surface area contributed by atoms with Crippen molar-refractivity contribution in [3.05, 3.63) is 65.7 Å². The maximum atomic E-state index is 13.1. The van der Waals surface area contributed by atoms with E-state index in [4.69, 9.17) is 0 Å². The summed E-state index contributed by atoms with van der Waals surface area (Å²) in [6.45, 7) is 4.50. The third kappa shape index (κ3) is 4.87. The summed E-state index contributed by atoms with van der Waals surface area (Å²) in [6, 6.07) is 13.4. The van der Waals surface area contributed by atoms with Gasteiger partial charge < -0.3 is 10.6 Å². The Hall–Kier alpha value is -2.83. The predicted octanol–water partition coefficient (Wildman–Crippen LogP) is 4.55. The largest absolute Gasteiger partial charge is 0.418 e. The van der Waals surface area contributed by atoms with Crippen LogP contribution in [0, 0.1) is 5.41 Å². The molecule has 1 unspecified atom stereocenters. The number of halogens is 3. The summed E-state index contributed by atoms with van der Waals surface area (Å²) in [7, 11) is 0. The van der Waals surface area contributed by atoms with Crippen LogP contribution in [0.1, 0.15) is 37.9 Å². The lowest BCUT2D eigenvalue weighted by molar-refractivity contribution is -0.138. The monoisotopic (exact) mass is 378 g/mol. The Labute approximate surface area is 155 Å². The predicted molar refractivity (Wildman–Crippen MR) is 96.9 cm³/mol. The average Bonchev–Trinajstić information content (AvgIpc) is 2.61. The van der Waals surface area contributed by atoms with E-state index < -0.39 is 29.0 Å². The van der Waals surface area contributed by atoms with Crippen molar-refractivity contribution < 1.29 is 22.8 Å². The molecule has 144 valence electrons. The number of carbonyl (C=O) groups excluding carboxylic acids is 2. The summed E-state index contributed by atoms with van der Waals surface area (Å²) >= 11 is 0. The van der Waals surface area contributed by atoms with E-state index in [0.29, 0.717) is 0 Å². The second kappa shape index (κ2) is 7.82. The highest BCUT2D eigenvalue weighted by Gasteiger charge is 2.39. The number of amides is 2. The smallest absolute Gasteiger partial charge is 0.349 e. The lowest BCUT2D eigenvalue weighted by atomic mass is 9.90. The van der Waals surface area contributed by atoms with Gasteiger partial charge in [-0.15, -0.1) is 0 Å². The number of hydrogen-bond acceptors (Lipinski definition) is 2. The molecular weight excluding hydrogens is 357 g/mol. The normalized spacial score (nSPS) is 13.0. The lowest BCUT2D eigenvalue weighted by Crippen LogP contribution is -2.46. The Kier molecular flexibility index (Phi) is 5.93. The van der Waals surface area contributed by atoms with Crippen molar-refractivity contribution in [1.29, 1.82) is 0 Å². The molecule has 0 saturated heterocycles. The Morgan fingerprint density at radius 1 is 0.889 bits per heavy atom. The van der Waals surface area contributed by atoms with Gasteiger partial charge in [-0.05, 0) is 38.5 Å². The van der Waals surface area contributed by atoms with Crippen LogP contribution in [0.25, 0.3) is 0 Å². The highest BCUT2D eigenvalue weighted by atomic mass is 19.4. The molecule has 0 spiro atoms. The third-order valence-corrected chi connectivity index (χ3v) is 4.26. The van der Waals surface area contributed by atoms with Crippen LogP contribution in [0.2, 0.25) is 0 Å². The van der Waals surface area contributed by atoms with Crippen molar-refractivity contribution in [1.82, 2.24) is 5.32 Å². The molecule has 4 nitrogen and oxygen atoms in total. The maximum absolute atomic E-state index is 13.1. The lowest BCUT2D eigenvalue weighted by Gasteiger charge is -2.26. The Morgan fingerprint density at radius 2 is 1.44 bits per heavy atom. The highest BCUT2D eigenvalue weighted by Crippen LogP contribution is 2.35. The molecule has 0 fully saturated rings. The molecule has 2 N–H and O–H groups in total. The van der Waals surface area contributed by atoms with E-state index in [1.54, 1.807) is 6.92 Å². The van der Waals surface area contributed by atoms with Gasteiger partial charge in [0.05, 0.1) is 17.3 Å². The van der Waals surface area contributed by atoms with Crippen LogP contribution in [-0.2, 0) is 15.8 Å². The van der Waals surface area contributed by atoms with Crippen molar-refractivity contribution in [3.63, 3.8) is 0 Å². The van der Waals surface area contributed by atoms with Crippen molar-refractivity contribution in [3.8, 4) is 0 Å². The van der Waals surface area contributed by atoms with Crippen molar-refractivity contribution in [2.45, 2.75) is 33.0 Å². The van der Waals surface area contributed by atoms with Gasteiger partial charge in [-0.2, -0.15) is 13.2 Å². The number of nitrogens with one attached hydrogen (secondary N) is 2. The van der Waals surface area contributed by atoms with Gasteiger partial charge in [0.1, 0.15) is 5.41 Å². The van der Waals surface area contributed by atoms with Crippen LogP contribution in [-0.4, -0.2) is 11.8 Å². The molecule has 0 heterocycles. The van der Waals surface area contributed by atoms with Crippen molar-refractivity contribution in [2.24, 2.45) is 5.41 Å². The molecule has 0 bridgehead atoms. The molecule has 0 radical (unpaired) electrons. The van der Waals surface area contributed by atoms with Gasteiger partial charge in [0.15, 0.2) is 0 Å². The van der Waals surface area contributed by atoms with Crippen LogP contribution in [0.4, 0.5) is 18.9 Å². The van der Waals surface area contributed by atoms with Crippen molar-refractivity contribution >= 4 is 17.5 Å². The molecular formula is C20H21F3N2O2. The molecule has 0 aliphatic rings. The average molecular weight is 378 g/mol. The number of carbonyl (C=O) groups is 2. The van der Waals surface area contributed by atoms with Crippen LogP contribution in [0.5, 0.6) is 0 Å². The quantitative estimate of drug-likeness (QED) is 0.750. The van der Waals surface area contributed by atoms with E-state index in [9.17, 15) is 22.8 Å². The van der Waals surface area contributed by atoms with Gasteiger partial charge in [0.25, 0.3) is 0 Å². The Balaban J connectivity index is 2.14. The number of para-hydroxylation sites is 1. The summed E-state index contributed by atoms with van der Waals surface area (Å²) in [5, 5.41) is 4.96. The molecule has 0 aromatic heterocycles. The molecule has 2 aromatic carbocycles. The van der Waals surface area contributed by atoms with E-state index in [0.717, 1.165) is 17.7 Å². The molecule has 1 atom stereocenters. The van der Waals surface area contributed by atoms with Crippen LogP contribution in [0.3, 0.4) is 0 Å². The standard InChI is InChI=1S/C20H21F3N2O2/c1-13(14-9-5-4-6-10-14)24-17(26)19(2,3)18(27)25-16-12-8-7-11-15(16)20(21,22)23/h4-13H,1-3H3,(H,24,26)(H,25,27). The molecule has 0 aliphatic carbocycles. The topological polar surface area (TPSA) is 58.2 Å². The zero-order valence-electron chi connectivity index (χ0n) is 15.2. The van der Waals surface area contributed by atoms with Crippen LogP contribution >= 0.6 is 0 Å². The minimum Gasteiger partial charge on any atom is -0.349 e. The number of rotatable bonds is 5. The summed E-state index contributed by atoms with van der Waals surface area (Å²) in [5.74, 6) is -1.40. The first-order valence-corrected chi connectivity index (χ1v) is 8.37. The number of hydrogen-bond donors (Lipinski definition) is 2. The Morgan fingerprint density at radius 3 is 2.04 bits per heavy atom. The minimum atomic E-state index is -4.61. The Bertz CT molecular complexity index is 817. The van der Waals surface area contributed by atoms with E-state index in [2.05, 4.69) is 10.6 Å². The first kappa shape index (κ1) is 20.5. The van der Waals surface area contributed by atoms with Gasteiger partial charge in [0, 0.05) is 0 Å². The van der Waals surface area contributed by atoms with Crippen molar-refractivity contribution in [2.75, 3.05) is 5.32 Å². The second-order valence-corrected chi connectivity index (χ2v) is 6.73. The molecule has 2 amide bonds. The summed E-state index contributed by atoms with van der Waals surface area (Å²) in [5.41, 5.74) is -2.06. The zero-order chi connectivity index (χ0) is 20.2. The molecule has 2 rings (SSSR count). The number of anilines is 1. The van der Waals surface area contributed by atoms with E-state index in [1.165, 1.54) is 26.0 Å².